The predicted molar refractivity (Wildman–Crippen MR) is 84.6 cm³/mol. The molecule has 0 saturated carbocycles. The lowest BCUT2D eigenvalue weighted by Crippen LogP contribution is -2.07. The van der Waals surface area contributed by atoms with Crippen LogP contribution in [0.3, 0.4) is 0 Å². The zero-order valence-corrected chi connectivity index (χ0v) is 13.5. The van der Waals surface area contributed by atoms with Crippen molar-refractivity contribution >= 4 is 21.7 Å². The lowest BCUT2D eigenvalue weighted by Gasteiger charge is -2.10. The van der Waals surface area contributed by atoms with Gasteiger partial charge in [0.2, 0.25) is 0 Å². The van der Waals surface area contributed by atoms with Crippen molar-refractivity contribution in [2.75, 3.05) is 7.11 Å². The van der Waals surface area contributed by atoms with Crippen molar-refractivity contribution in [1.29, 1.82) is 0 Å². The Kier molecular flexibility index (Phi) is 4.61. The van der Waals surface area contributed by atoms with Crippen LogP contribution in [0.2, 0.25) is 0 Å². The Hall–Kier alpha value is -1.61. The molecule has 20 heavy (non-hydrogen) atoms. The molecule has 2 aromatic carbocycles. The number of para-hydroxylation sites is 1. The van der Waals surface area contributed by atoms with E-state index >= 15 is 0 Å². The normalized spacial score (nSPS) is 10.4. The third-order valence-electron chi connectivity index (χ3n) is 3.35. The van der Waals surface area contributed by atoms with E-state index in [-0.39, 0.29) is 5.78 Å². The second-order valence-corrected chi connectivity index (χ2v) is 5.68. The van der Waals surface area contributed by atoms with E-state index in [1.54, 1.807) is 7.11 Å². The SMILES string of the molecule is COc1ccccc1CC(=O)c1cc(C)c(Br)cc1C. The molecule has 0 bridgehead atoms. The van der Waals surface area contributed by atoms with Gasteiger partial charge in [-0.1, -0.05) is 34.1 Å². The lowest BCUT2D eigenvalue weighted by atomic mass is 9.97. The van der Waals surface area contributed by atoms with Crippen LogP contribution < -0.4 is 4.74 Å². The van der Waals surface area contributed by atoms with Gasteiger partial charge in [-0.05, 0) is 43.2 Å². The van der Waals surface area contributed by atoms with Gasteiger partial charge in [-0.25, -0.2) is 0 Å². The zero-order chi connectivity index (χ0) is 14.7. The number of Topliss-reactive ketones (excluding diaryl/α,β-unsaturated/α-hetero) is 1. The highest BCUT2D eigenvalue weighted by Gasteiger charge is 2.14. The van der Waals surface area contributed by atoms with Gasteiger partial charge in [0, 0.05) is 22.0 Å². The van der Waals surface area contributed by atoms with Crippen LogP contribution in [0.25, 0.3) is 0 Å². The predicted octanol–water partition coefficient (Wildman–Crippen LogP) is 4.50. The summed E-state index contributed by atoms with van der Waals surface area (Å²) in [5, 5.41) is 0. The first kappa shape index (κ1) is 14.8. The molecule has 0 aromatic heterocycles. The number of carbonyl (C=O) groups is 1. The summed E-state index contributed by atoms with van der Waals surface area (Å²) >= 11 is 3.49. The van der Waals surface area contributed by atoms with Crippen LogP contribution in [0.5, 0.6) is 5.75 Å². The van der Waals surface area contributed by atoms with E-state index in [1.807, 2.05) is 50.2 Å². The van der Waals surface area contributed by atoms with E-state index < -0.39 is 0 Å². The first-order valence-corrected chi connectivity index (χ1v) is 7.24. The van der Waals surface area contributed by atoms with Gasteiger partial charge in [0.05, 0.1) is 7.11 Å². The second-order valence-electron chi connectivity index (χ2n) is 4.83. The fourth-order valence-electron chi connectivity index (χ4n) is 2.20. The molecule has 0 saturated heterocycles. The van der Waals surface area contributed by atoms with Gasteiger partial charge in [0.25, 0.3) is 0 Å². The maximum absolute atomic E-state index is 12.5. The third-order valence-corrected chi connectivity index (χ3v) is 4.20. The number of methoxy groups -OCH3 is 1. The van der Waals surface area contributed by atoms with E-state index in [0.717, 1.165) is 32.5 Å². The molecule has 0 spiro atoms. The summed E-state index contributed by atoms with van der Waals surface area (Å²) in [6.07, 6.45) is 0.353. The van der Waals surface area contributed by atoms with Crippen molar-refractivity contribution < 1.29 is 9.53 Å². The van der Waals surface area contributed by atoms with Gasteiger partial charge < -0.3 is 4.74 Å². The third kappa shape index (κ3) is 3.10. The topological polar surface area (TPSA) is 26.3 Å². The molecule has 2 rings (SSSR count). The Morgan fingerprint density at radius 2 is 1.85 bits per heavy atom. The van der Waals surface area contributed by atoms with E-state index in [1.165, 1.54) is 0 Å². The minimum atomic E-state index is 0.114. The van der Waals surface area contributed by atoms with Crippen molar-refractivity contribution in [1.82, 2.24) is 0 Å². The number of halogens is 1. The maximum atomic E-state index is 12.5. The summed E-state index contributed by atoms with van der Waals surface area (Å²) in [6, 6.07) is 11.6. The quantitative estimate of drug-likeness (QED) is 0.770. The Labute approximate surface area is 127 Å². The van der Waals surface area contributed by atoms with Gasteiger partial charge >= 0.3 is 0 Å². The molecule has 0 aliphatic carbocycles. The summed E-state index contributed by atoms with van der Waals surface area (Å²) in [7, 11) is 1.62. The highest BCUT2D eigenvalue weighted by Crippen LogP contribution is 2.24. The first-order chi connectivity index (χ1) is 9.52. The van der Waals surface area contributed by atoms with Crippen LogP contribution in [0.1, 0.15) is 27.0 Å². The van der Waals surface area contributed by atoms with Gasteiger partial charge in [0.15, 0.2) is 5.78 Å². The van der Waals surface area contributed by atoms with Crippen molar-refractivity contribution in [2.24, 2.45) is 0 Å². The monoisotopic (exact) mass is 332 g/mol. The number of ether oxygens (including phenoxy) is 1. The van der Waals surface area contributed by atoms with Crippen LogP contribution in [-0.2, 0) is 6.42 Å². The Morgan fingerprint density at radius 3 is 2.55 bits per heavy atom. The fourth-order valence-corrected chi connectivity index (χ4v) is 2.66. The molecule has 0 amide bonds. The summed E-state index contributed by atoms with van der Waals surface area (Å²) in [4.78, 5) is 12.5. The van der Waals surface area contributed by atoms with Gasteiger partial charge in [-0.3, -0.25) is 4.79 Å². The molecule has 3 heteroatoms. The van der Waals surface area contributed by atoms with Gasteiger partial charge in [-0.15, -0.1) is 0 Å². The smallest absolute Gasteiger partial charge is 0.167 e. The number of benzene rings is 2. The maximum Gasteiger partial charge on any atom is 0.167 e. The Bertz CT molecular complexity index is 647. The average molecular weight is 333 g/mol. The summed E-state index contributed by atoms with van der Waals surface area (Å²) < 4.78 is 6.33. The summed E-state index contributed by atoms with van der Waals surface area (Å²) in [5.74, 6) is 0.870. The molecule has 0 heterocycles. The molecule has 104 valence electrons. The van der Waals surface area contributed by atoms with Gasteiger partial charge in [0.1, 0.15) is 5.75 Å². The molecule has 0 N–H and O–H groups in total. The largest absolute Gasteiger partial charge is 0.496 e. The summed E-state index contributed by atoms with van der Waals surface area (Å²) in [6.45, 7) is 3.95. The molecule has 0 atom stereocenters. The van der Waals surface area contributed by atoms with E-state index in [4.69, 9.17) is 4.74 Å². The molecule has 2 nitrogen and oxygen atoms in total. The number of carbonyl (C=O) groups excluding carboxylic acids is 1. The fraction of sp³-hybridized carbons (Fsp3) is 0.235. The number of aryl methyl sites for hydroxylation is 2. The van der Waals surface area contributed by atoms with E-state index in [9.17, 15) is 4.79 Å². The molecular weight excluding hydrogens is 316 g/mol. The van der Waals surface area contributed by atoms with Crippen molar-refractivity contribution in [3.8, 4) is 5.75 Å². The molecule has 0 radical (unpaired) electrons. The molecule has 0 unspecified atom stereocenters. The zero-order valence-electron chi connectivity index (χ0n) is 11.9. The Morgan fingerprint density at radius 1 is 1.15 bits per heavy atom. The number of hydrogen-bond donors (Lipinski definition) is 0. The van der Waals surface area contributed by atoms with Crippen LogP contribution >= 0.6 is 15.9 Å². The Balaban J connectivity index is 2.31. The standard InChI is InChI=1S/C17H17BrO2/c1-11-9-15(18)12(2)8-14(11)16(19)10-13-6-4-5-7-17(13)20-3/h4-9H,10H2,1-3H3. The van der Waals surface area contributed by atoms with Crippen LogP contribution in [0.4, 0.5) is 0 Å². The van der Waals surface area contributed by atoms with Crippen molar-refractivity contribution in [2.45, 2.75) is 20.3 Å². The number of hydrogen-bond acceptors (Lipinski definition) is 2. The molecule has 0 aliphatic rings. The highest BCUT2D eigenvalue weighted by atomic mass is 79.9. The van der Waals surface area contributed by atoms with E-state index in [2.05, 4.69) is 15.9 Å². The minimum absolute atomic E-state index is 0.114. The lowest BCUT2D eigenvalue weighted by molar-refractivity contribution is 0.0991. The second kappa shape index (κ2) is 6.23. The van der Waals surface area contributed by atoms with E-state index in [0.29, 0.717) is 6.42 Å². The van der Waals surface area contributed by atoms with Crippen LogP contribution in [0.15, 0.2) is 40.9 Å². The van der Waals surface area contributed by atoms with Crippen molar-refractivity contribution in [3.05, 3.63) is 63.1 Å². The average Bonchev–Trinajstić information content (AvgIpc) is 2.43. The first-order valence-electron chi connectivity index (χ1n) is 6.44. The molecule has 0 fully saturated rings. The van der Waals surface area contributed by atoms with Crippen LogP contribution in [-0.4, -0.2) is 12.9 Å². The number of ketones is 1. The number of rotatable bonds is 4. The highest BCUT2D eigenvalue weighted by molar-refractivity contribution is 9.10. The summed E-state index contributed by atoms with van der Waals surface area (Å²) in [5.41, 5.74) is 3.75. The van der Waals surface area contributed by atoms with Gasteiger partial charge in [-0.2, -0.15) is 0 Å². The molecular formula is C17H17BrO2. The molecule has 2 aromatic rings. The molecule has 0 aliphatic heterocycles. The minimum Gasteiger partial charge on any atom is -0.496 e. The van der Waals surface area contributed by atoms with Crippen LogP contribution in [0, 0.1) is 13.8 Å². The van der Waals surface area contributed by atoms with Crippen molar-refractivity contribution in [3.63, 3.8) is 0 Å².